The number of aliphatic hydroxyl groups is 1. The summed E-state index contributed by atoms with van der Waals surface area (Å²) in [7, 11) is 1.68. The largest absolute Gasteiger partial charge is 0.496 e. The molecule has 4 unspecified atom stereocenters. The van der Waals surface area contributed by atoms with E-state index in [4.69, 9.17) is 9.47 Å². The molecule has 4 atom stereocenters. The minimum Gasteiger partial charge on any atom is -0.496 e. The number of ether oxygens (including phenoxy) is 2. The van der Waals surface area contributed by atoms with Crippen LogP contribution in [0.2, 0.25) is 0 Å². The molecule has 2 bridgehead atoms. The fourth-order valence-corrected chi connectivity index (χ4v) is 3.59. The molecule has 0 radical (unpaired) electrons. The molecule has 0 amide bonds. The zero-order chi connectivity index (χ0) is 13.6. The van der Waals surface area contributed by atoms with Gasteiger partial charge in [0.2, 0.25) is 0 Å². The van der Waals surface area contributed by atoms with Gasteiger partial charge in [-0.3, -0.25) is 0 Å². The van der Waals surface area contributed by atoms with Gasteiger partial charge in [0.1, 0.15) is 5.75 Å². The van der Waals surface area contributed by atoms with Crippen molar-refractivity contribution >= 4 is 0 Å². The first kappa shape index (κ1) is 12.9. The summed E-state index contributed by atoms with van der Waals surface area (Å²) in [4.78, 5) is 0. The van der Waals surface area contributed by atoms with Crippen molar-refractivity contribution in [2.75, 3.05) is 7.11 Å². The zero-order valence-electron chi connectivity index (χ0n) is 11.8. The predicted octanol–water partition coefficient (Wildman–Crippen LogP) is 2.91. The van der Waals surface area contributed by atoms with Crippen LogP contribution in [0.25, 0.3) is 0 Å². The molecular formula is C16H22O3. The lowest BCUT2D eigenvalue weighted by Crippen LogP contribution is -2.24. The van der Waals surface area contributed by atoms with Crippen molar-refractivity contribution in [3.63, 3.8) is 0 Å². The van der Waals surface area contributed by atoms with Crippen molar-refractivity contribution in [3.05, 3.63) is 28.8 Å². The lowest BCUT2D eigenvalue weighted by Gasteiger charge is -2.26. The number of rotatable bonds is 3. The quantitative estimate of drug-likeness (QED) is 0.910. The first-order chi connectivity index (χ1) is 9.10. The Morgan fingerprint density at radius 2 is 2.05 bits per heavy atom. The van der Waals surface area contributed by atoms with Gasteiger partial charge in [-0.2, -0.15) is 0 Å². The van der Waals surface area contributed by atoms with Gasteiger partial charge < -0.3 is 14.6 Å². The molecule has 2 aliphatic heterocycles. The summed E-state index contributed by atoms with van der Waals surface area (Å²) >= 11 is 0. The Labute approximate surface area is 114 Å². The smallest absolute Gasteiger partial charge is 0.122 e. The van der Waals surface area contributed by atoms with E-state index in [2.05, 4.69) is 6.07 Å². The fourth-order valence-electron chi connectivity index (χ4n) is 3.59. The highest BCUT2D eigenvalue weighted by atomic mass is 16.5. The molecule has 0 spiro atoms. The number of methoxy groups -OCH3 is 1. The highest BCUT2D eigenvalue weighted by molar-refractivity contribution is 5.42. The van der Waals surface area contributed by atoms with Crippen LogP contribution in [0.4, 0.5) is 0 Å². The average Bonchev–Trinajstić information content (AvgIpc) is 3.02. The van der Waals surface area contributed by atoms with E-state index in [-0.39, 0.29) is 12.0 Å². The van der Waals surface area contributed by atoms with Crippen LogP contribution in [0, 0.1) is 19.8 Å². The van der Waals surface area contributed by atoms with Crippen molar-refractivity contribution in [2.24, 2.45) is 5.92 Å². The number of aliphatic hydroxyl groups excluding tert-OH is 1. The molecule has 3 rings (SSSR count). The van der Waals surface area contributed by atoms with E-state index in [0.717, 1.165) is 41.7 Å². The van der Waals surface area contributed by atoms with Crippen molar-refractivity contribution in [1.29, 1.82) is 0 Å². The minimum absolute atomic E-state index is 0.252. The third-order valence-electron chi connectivity index (χ3n) is 4.66. The Hall–Kier alpha value is -1.06. The van der Waals surface area contributed by atoms with Crippen molar-refractivity contribution < 1.29 is 14.6 Å². The number of benzene rings is 1. The lowest BCUT2D eigenvalue weighted by atomic mass is 9.81. The van der Waals surface area contributed by atoms with E-state index in [1.165, 1.54) is 0 Å². The Morgan fingerprint density at radius 3 is 2.63 bits per heavy atom. The van der Waals surface area contributed by atoms with Gasteiger partial charge in [0, 0.05) is 5.92 Å². The molecule has 104 valence electrons. The summed E-state index contributed by atoms with van der Waals surface area (Å²) in [6, 6.07) is 4.08. The van der Waals surface area contributed by atoms with Gasteiger partial charge in [0.05, 0.1) is 25.4 Å². The first-order valence-electron chi connectivity index (χ1n) is 7.09. The molecule has 1 N–H and O–H groups in total. The molecule has 0 saturated carbocycles. The summed E-state index contributed by atoms with van der Waals surface area (Å²) < 4.78 is 11.2. The zero-order valence-corrected chi connectivity index (χ0v) is 11.8. The van der Waals surface area contributed by atoms with Gasteiger partial charge in [-0.25, -0.2) is 0 Å². The normalized spacial score (nSPS) is 30.6. The molecule has 2 fully saturated rings. The molecule has 1 aromatic rings. The van der Waals surface area contributed by atoms with E-state index < -0.39 is 6.10 Å². The molecule has 19 heavy (non-hydrogen) atoms. The second-order valence-corrected chi connectivity index (χ2v) is 5.90. The SMILES string of the molecule is COc1cc(C)c(C(O)C2CC3CCC2O3)cc1C. The second-order valence-electron chi connectivity index (χ2n) is 5.90. The maximum Gasteiger partial charge on any atom is 0.122 e. The predicted molar refractivity (Wildman–Crippen MR) is 73.4 cm³/mol. The van der Waals surface area contributed by atoms with E-state index in [1.54, 1.807) is 7.11 Å². The van der Waals surface area contributed by atoms with Crippen LogP contribution in [0.5, 0.6) is 5.75 Å². The summed E-state index contributed by atoms with van der Waals surface area (Å²) in [6.07, 6.45) is 3.47. The van der Waals surface area contributed by atoms with Gasteiger partial charge in [-0.1, -0.05) is 0 Å². The van der Waals surface area contributed by atoms with Gasteiger partial charge in [-0.15, -0.1) is 0 Å². The van der Waals surface area contributed by atoms with Crippen LogP contribution >= 0.6 is 0 Å². The van der Waals surface area contributed by atoms with Crippen molar-refractivity contribution in [3.8, 4) is 5.75 Å². The van der Waals surface area contributed by atoms with E-state index in [9.17, 15) is 5.11 Å². The number of aryl methyl sites for hydroxylation is 2. The molecular weight excluding hydrogens is 240 g/mol. The molecule has 0 aromatic heterocycles. The molecule has 3 nitrogen and oxygen atoms in total. The van der Waals surface area contributed by atoms with Crippen LogP contribution in [0.1, 0.15) is 42.1 Å². The Kier molecular flexibility index (Phi) is 3.27. The Bertz CT molecular complexity index is 483. The highest BCUT2D eigenvalue weighted by Gasteiger charge is 2.44. The lowest BCUT2D eigenvalue weighted by molar-refractivity contribution is 0.0419. The summed E-state index contributed by atoms with van der Waals surface area (Å²) in [5.74, 6) is 1.14. The van der Waals surface area contributed by atoms with E-state index in [0.29, 0.717) is 6.10 Å². The molecule has 2 heterocycles. The van der Waals surface area contributed by atoms with Crippen molar-refractivity contribution in [1.82, 2.24) is 0 Å². The summed E-state index contributed by atoms with van der Waals surface area (Å²) in [5, 5.41) is 10.7. The second kappa shape index (κ2) is 4.80. The summed E-state index contributed by atoms with van der Waals surface area (Å²) in [5.41, 5.74) is 3.20. The molecule has 0 aliphatic carbocycles. The van der Waals surface area contributed by atoms with Crippen LogP contribution < -0.4 is 4.74 Å². The Morgan fingerprint density at radius 1 is 1.26 bits per heavy atom. The first-order valence-corrected chi connectivity index (χ1v) is 7.09. The number of hydrogen-bond acceptors (Lipinski definition) is 3. The molecule has 2 saturated heterocycles. The Balaban J connectivity index is 1.87. The van der Waals surface area contributed by atoms with Gasteiger partial charge in [0.15, 0.2) is 0 Å². The van der Waals surface area contributed by atoms with Crippen LogP contribution in [-0.2, 0) is 4.74 Å². The van der Waals surface area contributed by atoms with Gasteiger partial charge >= 0.3 is 0 Å². The topological polar surface area (TPSA) is 38.7 Å². The molecule has 1 aromatic carbocycles. The third kappa shape index (κ3) is 2.15. The fraction of sp³-hybridized carbons (Fsp3) is 0.625. The molecule has 2 aliphatic rings. The van der Waals surface area contributed by atoms with E-state index >= 15 is 0 Å². The number of fused-ring (bicyclic) bond motifs is 2. The third-order valence-corrected chi connectivity index (χ3v) is 4.66. The highest BCUT2D eigenvalue weighted by Crippen LogP contribution is 2.45. The van der Waals surface area contributed by atoms with Gasteiger partial charge in [-0.05, 0) is 61.9 Å². The van der Waals surface area contributed by atoms with Crippen LogP contribution in [-0.4, -0.2) is 24.4 Å². The maximum atomic E-state index is 10.7. The van der Waals surface area contributed by atoms with E-state index in [1.807, 2.05) is 19.9 Å². The molecule has 3 heteroatoms. The minimum atomic E-state index is -0.417. The standard InChI is InChI=1S/C16H22O3/c1-9-7-15(18-3)10(2)6-12(9)16(17)13-8-11-4-5-14(13)19-11/h6-7,11,13-14,16-17H,4-5,8H2,1-3H3. The maximum absolute atomic E-state index is 10.7. The number of hydrogen-bond donors (Lipinski definition) is 1. The average molecular weight is 262 g/mol. The van der Waals surface area contributed by atoms with Crippen molar-refractivity contribution in [2.45, 2.75) is 51.4 Å². The van der Waals surface area contributed by atoms with Crippen LogP contribution in [0.15, 0.2) is 12.1 Å². The van der Waals surface area contributed by atoms with Crippen LogP contribution in [0.3, 0.4) is 0 Å². The monoisotopic (exact) mass is 262 g/mol. The summed E-state index contributed by atoms with van der Waals surface area (Å²) in [6.45, 7) is 4.06. The van der Waals surface area contributed by atoms with Gasteiger partial charge in [0.25, 0.3) is 0 Å².